The van der Waals surface area contributed by atoms with E-state index in [1.54, 1.807) is 6.92 Å². The number of alkyl halides is 3. The van der Waals surface area contributed by atoms with E-state index < -0.39 is 40.3 Å². The van der Waals surface area contributed by atoms with Gasteiger partial charge in [0.1, 0.15) is 11.3 Å². The molecule has 8 nitrogen and oxygen atoms in total. The molecule has 0 aliphatic rings. The largest absolute Gasteiger partial charge is 0.478 e. The summed E-state index contributed by atoms with van der Waals surface area (Å²) < 4.78 is 42.1. The Bertz CT molecular complexity index is 1310. The van der Waals surface area contributed by atoms with Crippen LogP contribution in [0.2, 0.25) is 0 Å². The summed E-state index contributed by atoms with van der Waals surface area (Å²) in [6.07, 6.45) is -4.71. The summed E-state index contributed by atoms with van der Waals surface area (Å²) in [6.45, 7) is 5.61. The van der Waals surface area contributed by atoms with Crippen molar-refractivity contribution in [2.24, 2.45) is 0 Å². The number of aromatic nitrogens is 3. The van der Waals surface area contributed by atoms with Gasteiger partial charge in [0.05, 0.1) is 34.0 Å². The van der Waals surface area contributed by atoms with Gasteiger partial charge in [0, 0.05) is 12.1 Å². The standard InChI is InChI=1S/C21H17F3N4O4/c1-5-13-27-16-12(21(22,23)24)6-8(2)26-18(16)28(13)17-14(19(29)30)9(3)11(7-25)10(4)15(17)20(31)32/h6H,5H2,1-4H3,(H,29,30)(H,31,32). The number of hydrogen-bond acceptors (Lipinski definition) is 5. The molecule has 2 heterocycles. The van der Waals surface area contributed by atoms with Crippen LogP contribution in [0.4, 0.5) is 13.2 Å². The number of pyridine rings is 1. The summed E-state index contributed by atoms with van der Waals surface area (Å²) in [5, 5.41) is 29.3. The molecular formula is C21H17F3N4O4. The molecule has 0 aliphatic carbocycles. The lowest BCUT2D eigenvalue weighted by atomic mass is 9.91. The molecule has 0 fully saturated rings. The van der Waals surface area contributed by atoms with Crippen LogP contribution < -0.4 is 0 Å². The van der Waals surface area contributed by atoms with Gasteiger partial charge in [0.15, 0.2) is 5.65 Å². The van der Waals surface area contributed by atoms with E-state index in [1.165, 1.54) is 20.8 Å². The Labute approximate surface area is 179 Å². The van der Waals surface area contributed by atoms with Crippen LogP contribution in [-0.2, 0) is 12.6 Å². The first-order valence-corrected chi connectivity index (χ1v) is 9.35. The van der Waals surface area contributed by atoms with Crippen molar-refractivity contribution >= 4 is 23.1 Å². The van der Waals surface area contributed by atoms with Crippen LogP contribution in [0.1, 0.15) is 61.4 Å². The number of rotatable bonds is 4. The molecule has 3 aromatic rings. The maximum absolute atomic E-state index is 13.7. The summed E-state index contributed by atoms with van der Waals surface area (Å²) in [5.74, 6) is -3.08. The second-order valence-electron chi connectivity index (χ2n) is 7.14. The van der Waals surface area contributed by atoms with Crippen LogP contribution in [0.25, 0.3) is 16.9 Å². The lowest BCUT2D eigenvalue weighted by Crippen LogP contribution is -2.19. The van der Waals surface area contributed by atoms with Gasteiger partial charge in [-0.15, -0.1) is 0 Å². The first-order chi connectivity index (χ1) is 14.8. The van der Waals surface area contributed by atoms with E-state index in [2.05, 4.69) is 9.97 Å². The Morgan fingerprint density at radius 3 is 2.03 bits per heavy atom. The third-order valence-electron chi connectivity index (χ3n) is 5.17. The molecule has 0 aliphatic heterocycles. The average molecular weight is 446 g/mol. The number of imidazole rings is 1. The molecule has 0 radical (unpaired) electrons. The molecule has 0 spiro atoms. The first kappa shape index (κ1) is 22.7. The van der Waals surface area contributed by atoms with Crippen LogP contribution in [0.3, 0.4) is 0 Å². The maximum atomic E-state index is 13.7. The van der Waals surface area contributed by atoms with E-state index in [4.69, 9.17) is 0 Å². The van der Waals surface area contributed by atoms with Crippen LogP contribution in [0, 0.1) is 32.1 Å². The van der Waals surface area contributed by atoms with Gasteiger partial charge in [0.2, 0.25) is 0 Å². The monoisotopic (exact) mass is 446 g/mol. The molecule has 0 bridgehead atoms. The molecular weight excluding hydrogens is 429 g/mol. The molecule has 166 valence electrons. The Balaban J connectivity index is 2.69. The van der Waals surface area contributed by atoms with E-state index in [0.29, 0.717) is 0 Å². The van der Waals surface area contributed by atoms with E-state index in [-0.39, 0.29) is 46.0 Å². The van der Waals surface area contributed by atoms with Crippen molar-refractivity contribution in [2.45, 2.75) is 40.3 Å². The Morgan fingerprint density at radius 1 is 1.09 bits per heavy atom. The molecule has 11 heteroatoms. The first-order valence-electron chi connectivity index (χ1n) is 9.35. The van der Waals surface area contributed by atoms with E-state index >= 15 is 0 Å². The zero-order chi connectivity index (χ0) is 24.1. The Morgan fingerprint density at radius 2 is 1.62 bits per heavy atom. The van der Waals surface area contributed by atoms with Gasteiger partial charge in [-0.2, -0.15) is 18.4 Å². The van der Waals surface area contributed by atoms with Crippen molar-refractivity contribution in [1.82, 2.24) is 14.5 Å². The van der Waals surface area contributed by atoms with Gasteiger partial charge >= 0.3 is 18.1 Å². The normalized spacial score (nSPS) is 11.6. The number of nitriles is 1. The van der Waals surface area contributed by atoms with Gasteiger partial charge in [-0.05, 0) is 38.0 Å². The molecule has 2 N–H and O–H groups in total. The zero-order valence-corrected chi connectivity index (χ0v) is 17.4. The second-order valence-corrected chi connectivity index (χ2v) is 7.14. The molecule has 0 amide bonds. The molecule has 0 atom stereocenters. The molecule has 0 saturated carbocycles. The highest BCUT2D eigenvalue weighted by atomic mass is 19.4. The molecule has 0 unspecified atom stereocenters. The van der Waals surface area contributed by atoms with Gasteiger partial charge < -0.3 is 10.2 Å². The number of halogens is 3. The third kappa shape index (κ3) is 3.33. The lowest BCUT2D eigenvalue weighted by molar-refractivity contribution is -0.136. The number of fused-ring (bicyclic) bond motifs is 1. The number of nitrogens with zero attached hydrogens (tertiary/aromatic N) is 4. The number of carboxylic acid groups (broad SMARTS) is 2. The second kappa shape index (κ2) is 7.64. The zero-order valence-electron chi connectivity index (χ0n) is 17.4. The van der Waals surface area contributed by atoms with Crippen molar-refractivity contribution in [3.63, 3.8) is 0 Å². The number of carbonyl (C=O) groups is 2. The minimum atomic E-state index is -4.77. The smallest absolute Gasteiger partial charge is 0.418 e. The van der Waals surface area contributed by atoms with Crippen LogP contribution >= 0.6 is 0 Å². The summed E-state index contributed by atoms with van der Waals surface area (Å²) in [5.41, 5.74) is -3.49. The maximum Gasteiger partial charge on any atom is 0.418 e. The molecule has 3 rings (SSSR count). The van der Waals surface area contributed by atoms with Crippen molar-refractivity contribution in [1.29, 1.82) is 5.26 Å². The minimum Gasteiger partial charge on any atom is -0.478 e. The van der Waals surface area contributed by atoms with Crippen LogP contribution in [0.5, 0.6) is 0 Å². The van der Waals surface area contributed by atoms with Gasteiger partial charge in [-0.1, -0.05) is 6.92 Å². The predicted molar refractivity (Wildman–Crippen MR) is 106 cm³/mol. The Hall–Kier alpha value is -3.94. The van der Waals surface area contributed by atoms with Crippen LogP contribution in [0.15, 0.2) is 6.07 Å². The lowest BCUT2D eigenvalue weighted by Gasteiger charge is -2.19. The number of aryl methyl sites for hydroxylation is 2. The topological polar surface area (TPSA) is 129 Å². The van der Waals surface area contributed by atoms with E-state index in [0.717, 1.165) is 10.6 Å². The highest BCUT2D eigenvalue weighted by molar-refractivity contribution is 6.04. The average Bonchev–Trinajstić information content (AvgIpc) is 3.03. The summed E-state index contributed by atoms with van der Waals surface area (Å²) >= 11 is 0. The van der Waals surface area contributed by atoms with E-state index in [1.807, 2.05) is 6.07 Å². The molecule has 32 heavy (non-hydrogen) atoms. The summed E-state index contributed by atoms with van der Waals surface area (Å²) in [6, 6.07) is 2.64. The van der Waals surface area contributed by atoms with E-state index in [9.17, 15) is 38.2 Å². The van der Waals surface area contributed by atoms with Crippen molar-refractivity contribution in [3.05, 3.63) is 51.0 Å². The number of aromatic carboxylic acids is 2. The summed E-state index contributed by atoms with van der Waals surface area (Å²) in [7, 11) is 0. The molecule has 2 aromatic heterocycles. The van der Waals surface area contributed by atoms with Gasteiger partial charge in [-0.25, -0.2) is 19.6 Å². The number of hydrogen-bond donors (Lipinski definition) is 2. The fraction of sp³-hybridized carbons (Fsp3) is 0.286. The fourth-order valence-electron chi connectivity index (χ4n) is 3.83. The molecule has 0 saturated heterocycles. The van der Waals surface area contributed by atoms with Crippen LogP contribution in [-0.4, -0.2) is 36.7 Å². The number of carboxylic acids is 2. The third-order valence-corrected chi connectivity index (χ3v) is 5.17. The quantitative estimate of drug-likeness (QED) is 0.615. The number of benzene rings is 1. The predicted octanol–water partition coefficient (Wildman–Crippen LogP) is 4.20. The van der Waals surface area contributed by atoms with Gasteiger partial charge in [-0.3, -0.25) is 4.57 Å². The minimum absolute atomic E-state index is 0.00268. The summed E-state index contributed by atoms with van der Waals surface area (Å²) in [4.78, 5) is 32.6. The molecule has 1 aromatic carbocycles. The Kier molecular flexibility index (Phi) is 5.43. The fourth-order valence-corrected chi connectivity index (χ4v) is 3.83. The van der Waals surface area contributed by atoms with Gasteiger partial charge in [0.25, 0.3) is 0 Å². The van der Waals surface area contributed by atoms with Crippen molar-refractivity contribution in [2.75, 3.05) is 0 Å². The van der Waals surface area contributed by atoms with Crippen molar-refractivity contribution in [3.8, 4) is 11.8 Å². The SMILES string of the molecule is CCc1nc2c(C(F)(F)F)cc(C)nc2n1-c1c(C(=O)O)c(C)c(C#N)c(C)c1C(=O)O. The highest BCUT2D eigenvalue weighted by Crippen LogP contribution is 2.38. The highest BCUT2D eigenvalue weighted by Gasteiger charge is 2.37. The van der Waals surface area contributed by atoms with Crippen molar-refractivity contribution < 1.29 is 33.0 Å².